The molecule has 0 N–H and O–H groups in total. The smallest absolute Gasteiger partial charge is 0.331 e. The summed E-state index contributed by atoms with van der Waals surface area (Å²) in [5, 5.41) is 1.86. The number of nitrogens with zero attached hydrogens (tertiary/aromatic N) is 4. The lowest BCUT2D eigenvalue weighted by molar-refractivity contribution is -0.133. The average Bonchev–Trinajstić information content (AvgIpc) is 3.34. The number of aromatic nitrogens is 2. The number of hydrogen-bond donors (Lipinski definition) is 0. The SMILES string of the molecule is O=C(Cn1c(=O)ccn(Cc2ccccc2)c1=O)N1CCN(C(=O)c2cccs2)CC1. The first-order valence-electron chi connectivity index (χ1n) is 9.98. The molecule has 31 heavy (non-hydrogen) atoms. The largest absolute Gasteiger partial charge is 0.338 e. The Hall–Kier alpha value is -3.46. The summed E-state index contributed by atoms with van der Waals surface area (Å²) in [5.74, 6) is -0.343. The molecule has 0 spiro atoms. The van der Waals surface area contributed by atoms with Crippen molar-refractivity contribution in [2.24, 2.45) is 0 Å². The molecule has 0 atom stereocenters. The van der Waals surface area contributed by atoms with Crippen molar-refractivity contribution in [3.63, 3.8) is 0 Å². The van der Waals surface area contributed by atoms with Crippen LogP contribution in [-0.4, -0.2) is 56.9 Å². The molecule has 3 aromatic rings. The molecule has 160 valence electrons. The second-order valence-electron chi connectivity index (χ2n) is 7.29. The van der Waals surface area contributed by atoms with Crippen LogP contribution in [0.2, 0.25) is 0 Å². The quantitative estimate of drug-likeness (QED) is 0.597. The van der Waals surface area contributed by atoms with Crippen molar-refractivity contribution in [3.05, 3.63) is 91.4 Å². The third-order valence-corrected chi connectivity index (χ3v) is 6.14. The summed E-state index contributed by atoms with van der Waals surface area (Å²) in [7, 11) is 0. The fraction of sp³-hybridized carbons (Fsp3) is 0.273. The van der Waals surface area contributed by atoms with Gasteiger partial charge >= 0.3 is 5.69 Å². The molecule has 0 saturated carbocycles. The van der Waals surface area contributed by atoms with Crippen LogP contribution in [0, 0.1) is 0 Å². The summed E-state index contributed by atoms with van der Waals surface area (Å²) in [5.41, 5.74) is -0.0990. The molecule has 4 rings (SSSR count). The van der Waals surface area contributed by atoms with E-state index in [4.69, 9.17) is 0 Å². The van der Waals surface area contributed by atoms with E-state index in [1.54, 1.807) is 15.9 Å². The summed E-state index contributed by atoms with van der Waals surface area (Å²) in [6, 6.07) is 14.3. The van der Waals surface area contributed by atoms with E-state index < -0.39 is 11.2 Å². The van der Waals surface area contributed by atoms with E-state index in [9.17, 15) is 19.2 Å². The summed E-state index contributed by atoms with van der Waals surface area (Å²) in [4.78, 5) is 54.3. The van der Waals surface area contributed by atoms with Crippen LogP contribution in [0.25, 0.3) is 0 Å². The Kier molecular flexibility index (Phi) is 6.13. The average molecular weight is 439 g/mol. The van der Waals surface area contributed by atoms with Crippen LogP contribution in [-0.2, 0) is 17.9 Å². The first-order valence-corrected chi connectivity index (χ1v) is 10.9. The molecular weight excluding hydrogens is 416 g/mol. The van der Waals surface area contributed by atoms with Gasteiger partial charge in [0.15, 0.2) is 0 Å². The zero-order chi connectivity index (χ0) is 21.8. The highest BCUT2D eigenvalue weighted by Gasteiger charge is 2.26. The molecule has 0 bridgehead atoms. The lowest BCUT2D eigenvalue weighted by Gasteiger charge is -2.34. The molecule has 2 aromatic heterocycles. The zero-order valence-corrected chi connectivity index (χ0v) is 17.7. The number of thiophene rings is 1. The van der Waals surface area contributed by atoms with Crippen LogP contribution in [0.1, 0.15) is 15.2 Å². The Morgan fingerprint density at radius 1 is 0.871 bits per heavy atom. The first-order chi connectivity index (χ1) is 15.0. The predicted octanol–water partition coefficient (Wildman–Crippen LogP) is 1.10. The van der Waals surface area contributed by atoms with Crippen molar-refractivity contribution < 1.29 is 9.59 Å². The van der Waals surface area contributed by atoms with Gasteiger partial charge in [-0.2, -0.15) is 0 Å². The Balaban J connectivity index is 1.42. The maximum absolute atomic E-state index is 12.8. The van der Waals surface area contributed by atoms with Crippen LogP contribution >= 0.6 is 11.3 Å². The molecule has 1 aliphatic heterocycles. The molecule has 3 heterocycles. The topological polar surface area (TPSA) is 84.6 Å². The minimum atomic E-state index is -0.517. The fourth-order valence-corrected chi connectivity index (χ4v) is 4.24. The second kappa shape index (κ2) is 9.13. The third kappa shape index (κ3) is 4.66. The lowest BCUT2D eigenvalue weighted by Crippen LogP contribution is -2.52. The fourth-order valence-electron chi connectivity index (χ4n) is 3.55. The Labute approximate surface area is 182 Å². The van der Waals surface area contributed by atoms with Gasteiger partial charge in [-0.3, -0.25) is 23.5 Å². The van der Waals surface area contributed by atoms with Crippen LogP contribution in [0.15, 0.2) is 69.7 Å². The number of amides is 2. The van der Waals surface area contributed by atoms with Gasteiger partial charge in [-0.05, 0) is 17.0 Å². The minimum Gasteiger partial charge on any atom is -0.338 e. The van der Waals surface area contributed by atoms with Crippen molar-refractivity contribution in [2.45, 2.75) is 13.1 Å². The van der Waals surface area contributed by atoms with E-state index in [2.05, 4.69) is 0 Å². The van der Waals surface area contributed by atoms with E-state index in [0.717, 1.165) is 10.1 Å². The number of carbonyl (C=O) groups is 2. The second-order valence-corrected chi connectivity index (χ2v) is 8.23. The van der Waals surface area contributed by atoms with Crippen molar-refractivity contribution in [1.29, 1.82) is 0 Å². The normalized spacial score (nSPS) is 13.9. The van der Waals surface area contributed by atoms with E-state index >= 15 is 0 Å². The van der Waals surface area contributed by atoms with Crippen molar-refractivity contribution in [1.82, 2.24) is 18.9 Å². The highest BCUT2D eigenvalue weighted by molar-refractivity contribution is 7.12. The van der Waals surface area contributed by atoms with Crippen molar-refractivity contribution >= 4 is 23.2 Å². The summed E-state index contributed by atoms with van der Waals surface area (Å²) < 4.78 is 2.39. The number of rotatable bonds is 5. The number of carbonyl (C=O) groups excluding carboxylic acids is 2. The van der Waals surface area contributed by atoms with E-state index in [1.807, 2.05) is 41.8 Å². The Morgan fingerprint density at radius 3 is 2.26 bits per heavy atom. The molecule has 1 saturated heterocycles. The number of benzene rings is 1. The molecular formula is C22H22N4O4S. The van der Waals surface area contributed by atoms with Gasteiger partial charge in [0.2, 0.25) is 5.91 Å². The number of piperazine rings is 1. The maximum Gasteiger partial charge on any atom is 0.331 e. The highest BCUT2D eigenvalue weighted by atomic mass is 32.1. The van der Waals surface area contributed by atoms with Crippen LogP contribution in [0.4, 0.5) is 0 Å². The van der Waals surface area contributed by atoms with Gasteiger partial charge < -0.3 is 9.80 Å². The predicted molar refractivity (Wildman–Crippen MR) is 117 cm³/mol. The zero-order valence-electron chi connectivity index (χ0n) is 16.8. The molecule has 1 fully saturated rings. The maximum atomic E-state index is 12.8. The highest BCUT2D eigenvalue weighted by Crippen LogP contribution is 2.14. The summed E-state index contributed by atoms with van der Waals surface area (Å²) in [6.07, 6.45) is 1.45. The molecule has 0 aliphatic carbocycles. The molecule has 9 heteroatoms. The van der Waals surface area contributed by atoms with Crippen LogP contribution < -0.4 is 11.2 Å². The number of hydrogen-bond acceptors (Lipinski definition) is 5. The monoisotopic (exact) mass is 438 g/mol. The summed E-state index contributed by atoms with van der Waals surface area (Å²) >= 11 is 1.39. The molecule has 2 amide bonds. The minimum absolute atomic E-state index is 0.0369. The van der Waals surface area contributed by atoms with Gasteiger partial charge in [0.25, 0.3) is 11.5 Å². The van der Waals surface area contributed by atoms with Gasteiger partial charge in [0.1, 0.15) is 6.54 Å². The van der Waals surface area contributed by atoms with Crippen molar-refractivity contribution in [3.8, 4) is 0 Å². The van der Waals surface area contributed by atoms with E-state index in [0.29, 0.717) is 37.6 Å². The van der Waals surface area contributed by atoms with Gasteiger partial charge in [0, 0.05) is 38.4 Å². The Morgan fingerprint density at radius 2 is 1.58 bits per heavy atom. The Bertz CT molecular complexity index is 1180. The molecule has 1 aromatic carbocycles. The van der Waals surface area contributed by atoms with Crippen LogP contribution in [0.3, 0.4) is 0 Å². The van der Waals surface area contributed by atoms with E-state index in [1.165, 1.54) is 28.2 Å². The molecule has 8 nitrogen and oxygen atoms in total. The van der Waals surface area contributed by atoms with Crippen molar-refractivity contribution in [2.75, 3.05) is 26.2 Å². The first kappa shape index (κ1) is 20.8. The lowest BCUT2D eigenvalue weighted by atomic mass is 10.2. The van der Waals surface area contributed by atoms with Gasteiger partial charge in [-0.25, -0.2) is 4.79 Å². The van der Waals surface area contributed by atoms with Gasteiger partial charge in [0.05, 0.1) is 11.4 Å². The molecule has 1 aliphatic rings. The molecule has 0 radical (unpaired) electrons. The van der Waals surface area contributed by atoms with Crippen LogP contribution in [0.5, 0.6) is 0 Å². The third-order valence-electron chi connectivity index (χ3n) is 5.28. The summed E-state index contributed by atoms with van der Waals surface area (Å²) in [6.45, 7) is 1.59. The van der Waals surface area contributed by atoms with Gasteiger partial charge in [-0.1, -0.05) is 36.4 Å². The van der Waals surface area contributed by atoms with Gasteiger partial charge in [-0.15, -0.1) is 11.3 Å². The standard InChI is InChI=1S/C22H22N4O4S/c27-19-8-9-25(15-17-5-2-1-3-6-17)22(30)26(19)16-20(28)23-10-12-24(13-11-23)21(29)18-7-4-14-31-18/h1-9,14H,10-13,15-16H2. The molecule has 0 unspecified atom stereocenters. The van der Waals surface area contributed by atoms with E-state index in [-0.39, 0.29) is 18.4 Å².